The SMILES string of the molecule is CC(C)=CCC(C)CC(=O)O. The Balaban J connectivity index is 3.61. The first-order valence-electron chi connectivity index (χ1n) is 3.87. The number of allylic oxidation sites excluding steroid dienone is 2. The van der Waals surface area contributed by atoms with E-state index in [1.807, 2.05) is 20.8 Å². The summed E-state index contributed by atoms with van der Waals surface area (Å²) in [6.45, 7) is 5.99. The number of carboxylic acid groups (broad SMARTS) is 1. The lowest BCUT2D eigenvalue weighted by Crippen LogP contribution is -2.02. The zero-order valence-corrected chi connectivity index (χ0v) is 7.42. The molecule has 0 aliphatic carbocycles. The Labute approximate surface area is 67.9 Å². The van der Waals surface area contributed by atoms with Gasteiger partial charge in [-0.3, -0.25) is 4.79 Å². The van der Waals surface area contributed by atoms with Crippen LogP contribution < -0.4 is 0 Å². The first-order chi connectivity index (χ1) is 5.02. The molecule has 2 heteroatoms. The van der Waals surface area contributed by atoms with Crippen molar-refractivity contribution in [3.8, 4) is 0 Å². The predicted molar refractivity (Wildman–Crippen MR) is 45.5 cm³/mol. The van der Waals surface area contributed by atoms with Crippen LogP contribution in [0.3, 0.4) is 0 Å². The summed E-state index contributed by atoms with van der Waals surface area (Å²) in [6.07, 6.45) is 3.21. The molecule has 0 radical (unpaired) electrons. The summed E-state index contributed by atoms with van der Waals surface area (Å²) in [4.78, 5) is 10.2. The molecule has 2 nitrogen and oxygen atoms in total. The second-order valence-corrected chi connectivity index (χ2v) is 3.22. The highest BCUT2D eigenvalue weighted by Gasteiger charge is 2.04. The Kier molecular flexibility index (Phi) is 4.59. The van der Waals surface area contributed by atoms with Crippen molar-refractivity contribution in [1.29, 1.82) is 0 Å². The maximum absolute atomic E-state index is 10.2. The lowest BCUT2D eigenvalue weighted by atomic mass is 10.0. The molecule has 64 valence electrons. The van der Waals surface area contributed by atoms with Crippen LogP contribution in [0.2, 0.25) is 0 Å². The molecule has 1 atom stereocenters. The zero-order chi connectivity index (χ0) is 8.85. The third kappa shape index (κ3) is 7.10. The Morgan fingerprint density at radius 1 is 1.55 bits per heavy atom. The Morgan fingerprint density at radius 3 is 2.45 bits per heavy atom. The molecule has 0 bridgehead atoms. The molecule has 0 aliphatic heterocycles. The summed E-state index contributed by atoms with van der Waals surface area (Å²) in [7, 11) is 0. The average molecular weight is 156 g/mol. The van der Waals surface area contributed by atoms with Crippen molar-refractivity contribution in [2.24, 2.45) is 5.92 Å². The van der Waals surface area contributed by atoms with Crippen molar-refractivity contribution in [2.45, 2.75) is 33.6 Å². The van der Waals surface area contributed by atoms with Gasteiger partial charge in [-0.15, -0.1) is 0 Å². The second-order valence-electron chi connectivity index (χ2n) is 3.22. The average Bonchev–Trinajstić information content (AvgIpc) is 1.82. The molecule has 0 amide bonds. The lowest BCUT2D eigenvalue weighted by Gasteiger charge is -2.03. The first-order valence-corrected chi connectivity index (χ1v) is 3.87. The number of hydrogen-bond acceptors (Lipinski definition) is 1. The normalized spacial score (nSPS) is 12.3. The molecule has 0 aromatic rings. The highest BCUT2D eigenvalue weighted by atomic mass is 16.4. The van der Waals surface area contributed by atoms with Crippen LogP contribution in [-0.2, 0) is 4.79 Å². The van der Waals surface area contributed by atoms with Crippen LogP contribution in [0, 0.1) is 5.92 Å². The summed E-state index contributed by atoms with van der Waals surface area (Å²) in [5, 5.41) is 8.43. The molecule has 0 fully saturated rings. The minimum absolute atomic E-state index is 0.252. The summed E-state index contributed by atoms with van der Waals surface area (Å²) in [6, 6.07) is 0. The number of carboxylic acids is 1. The molecule has 11 heavy (non-hydrogen) atoms. The third-order valence-electron chi connectivity index (χ3n) is 1.45. The zero-order valence-electron chi connectivity index (χ0n) is 7.42. The van der Waals surface area contributed by atoms with Crippen molar-refractivity contribution < 1.29 is 9.90 Å². The van der Waals surface area contributed by atoms with Crippen LogP contribution in [0.15, 0.2) is 11.6 Å². The highest BCUT2D eigenvalue weighted by Crippen LogP contribution is 2.09. The molecule has 0 aromatic heterocycles. The topological polar surface area (TPSA) is 37.3 Å². The molecule has 1 N–H and O–H groups in total. The standard InChI is InChI=1S/C9H16O2/c1-7(2)4-5-8(3)6-9(10)11/h4,8H,5-6H2,1-3H3,(H,10,11). The van der Waals surface area contributed by atoms with E-state index in [1.165, 1.54) is 5.57 Å². The van der Waals surface area contributed by atoms with Crippen LogP contribution in [-0.4, -0.2) is 11.1 Å². The van der Waals surface area contributed by atoms with Gasteiger partial charge < -0.3 is 5.11 Å². The number of rotatable bonds is 4. The van der Waals surface area contributed by atoms with Gasteiger partial charge in [-0.1, -0.05) is 18.6 Å². The van der Waals surface area contributed by atoms with Gasteiger partial charge in [0.25, 0.3) is 0 Å². The van der Waals surface area contributed by atoms with Crippen molar-refractivity contribution in [3.05, 3.63) is 11.6 Å². The fourth-order valence-electron chi connectivity index (χ4n) is 0.818. The van der Waals surface area contributed by atoms with Crippen molar-refractivity contribution in [2.75, 3.05) is 0 Å². The van der Waals surface area contributed by atoms with Crippen LogP contribution in [0.4, 0.5) is 0 Å². The smallest absolute Gasteiger partial charge is 0.303 e. The Morgan fingerprint density at radius 2 is 2.09 bits per heavy atom. The quantitative estimate of drug-likeness (QED) is 0.635. The van der Waals surface area contributed by atoms with Crippen LogP contribution in [0.5, 0.6) is 0 Å². The van der Waals surface area contributed by atoms with Gasteiger partial charge in [-0.2, -0.15) is 0 Å². The van der Waals surface area contributed by atoms with Gasteiger partial charge >= 0.3 is 5.97 Å². The first kappa shape index (κ1) is 10.2. The largest absolute Gasteiger partial charge is 0.481 e. The van der Waals surface area contributed by atoms with E-state index < -0.39 is 5.97 Å². The molecule has 0 saturated carbocycles. The summed E-state index contributed by atoms with van der Waals surface area (Å²) in [5.41, 5.74) is 1.25. The molecule has 0 rings (SSSR count). The maximum Gasteiger partial charge on any atom is 0.303 e. The van der Waals surface area contributed by atoms with E-state index in [-0.39, 0.29) is 12.3 Å². The van der Waals surface area contributed by atoms with Gasteiger partial charge in [-0.25, -0.2) is 0 Å². The minimum Gasteiger partial charge on any atom is -0.481 e. The monoisotopic (exact) mass is 156 g/mol. The predicted octanol–water partition coefficient (Wildman–Crippen LogP) is 2.45. The Bertz CT molecular complexity index is 155. The van der Waals surface area contributed by atoms with Crippen molar-refractivity contribution in [3.63, 3.8) is 0 Å². The van der Waals surface area contributed by atoms with Gasteiger partial charge in [0.1, 0.15) is 0 Å². The molecule has 1 unspecified atom stereocenters. The molecular weight excluding hydrogens is 140 g/mol. The van der Waals surface area contributed by atoms with Crippen LogP contribution >= 0.6 is 0 Å². The molecule has 0 heterocycles. The molecule has 0 saturated heterocycles. The fourth-order valence-corrected chi connectivity index (χ4v) is 0.818. The van der Waals surface area contributed by atoms with E-state index in [0.717, 1.165) is 6.42 Å². The minimum atomic E-state index is -0.709. The summed E-state index contributed by atoms with van der Waals surface area (Å²) < 4.78 is 0. The van der Waals surface area contributed by atoms with Gasteiger partial charge in [0.05, 0.1) is 0 Å². The molecule has 0 spiro atoms. The number of carbonyl (C=O) groups is 1. The summed E-state index contributed by atoms with van der Waals surface area (Å²) >= 11 is 0. The van der Waals surface area contributed by atoms with E-state index in [9.17, 15) is 4.79 Å². The fraction of sp³-hybridized carbons (Fsp3) is 0.667. The van der Waals surface area contributed by atoms with Crippen LogP contribution in [0.25, 0.3) is 0 Å². The summed E-state index contributed by atoms with van der Waals surface area (Å²) in [5.74, 6) is -0.456. The highest BCUT2D eigenvalue weighted by molar-refractivity contribution is 5.66. The van der Waals surface area contributed by atoms with Crippen molar-refractivity contribution >= 4 is 5.97 Å². The van der Waals surface area contributed by atoms with Gasteiger partial charge in [-0.05, 0) is 26.2 Å². The van der Waals surface area contributed by atoms with E-state index in [2.05, 4.69) is 6.08 Å². The second kappa shape index (κ2) is 4.94. The van der Waals surface area contributed by atoms with Gasteiger partial charge in [0.2, 0.25) is 0 Å². The van der Waals surface area contributed by atoms with Crippen LogP contribution in [0.1, 0.15) is 33.6 Å². The van der Waals surface area contributed by atoms with E-state index in [1.54, 1.807) is 0 Å². The number of hydrogen-bond donors (Lipinski definition) is 1. The van der Waals surface area contributed by atoms with Gasteiger partial charge in [0.15, 0.2) is 0 Å². The maximum atomic E-state index is 10.2. The molecule has 0 aliphatic rings. The lowest BCUT2D eigenvalue weighted by molar-refractivity contribution is -0.137. The molecule has 0 aromatic carbocycles. The third-order valence-corrected chi connectivity index (χ3v) is 1.45. The number of aliphatic carboxylic acids is 1. The molecular formula is C9H16O2. The van der Waals surface area contributed by atoms with E-state index in [0.29, 0.717) is 0 Å². The Hall–Kier alpha value is -0.790. The van der Waals surface area contributed by atoms with E-state index in [4.69, 9.17) is 5.11 Å². The van der Waals surface area contributed by atoms with Gasteiger partial charge in [0, 0.05) is 6.42 Å². The van der Waals surface area contributed by atoms with Crippen molar-refractivity contribution in [1.82, 2.24) is 0 Å². The van der Waals surface area contributed by atoms with E-state index >= 15 is 0 Å².